The van der Waals surface area contributed by atoms with Crippen LogP contribution in [-0.4, -0.2) is 19.0 Å². The van der Waals surface area contributed by atoms with Crippen LogP contribution in [-0.2, 0) is 4.79 Å². The van der Waals surface area contributed by atoms with Gasteiger partial charge in [0.2, 0.25) is 5.91 Å². The average Bonchev–Trinajstić information content (AvgIpc) is 2.17. The highest BCUT2D eigenvalue weighted by molar-refractivity contribution is 5.87. The van der Waals surface area contributed by atoms with Crippen LogP contribution in [0.3, 0.4) is 0 Å². The van der Waals surface area contributed by atoms with E-state index in [0.29, 0.717) is 6.04 Å². The summed E-state index contributed by atoms with van der Waals surface area (Å²) in [5.41, 5.74) is 4.50. The Morgan fingerprint density at radius 2 is 1.92 bits per heavy atom. The minimum Gasteiger partial charge on any atom is -0.350 e. The van der Waals surface area contributed by atoms with Gasteiger partial charge in [0, 0.05) is 6.04 Å². The first kappa shape index (κ1) is 14.7. The molecule has 78 valence electrons. The largest absolute Gasteiger partial charge is 0.350 e. The third-order valence-electron chi connectivity index (χ3n) is 1.64. The lowest BCUT2D eigenvalue weighted by molar-refractivity contribution is -0.117. The molecule has 13 heavy (non-hydrogen) atoms. The second-order valence-electron chi connectivity index (χ2n) is 2.34. The van der Waals surface area contributed by atoms with Gasteiger partial charge in [0.1, 0.15) is 0 Å². The summed E-state index contributed by atoms with van der Waals surface area (Å²) in [6, 6.07) is 0.440. The van der Waals surface area contributed by atoms with Crippen molar-refractivity contribution >= 4 is 5.91 Å². The number of carbonyl (C=O) groups excluding carboxylic acids is 1. The standard InChI is InChI=1S/C7H11NO.C2H6.CH5N/c1-2-7(9)8-6-4-3-5-6;2*1-2/h2,6H,1,3-5H2,(H,8,9);1-2H3;2H2,1H3. The second kappa shape index (κ2) is 11.2. The van der Waals surface area contributed by atoms with Gasteiger partial charge in [-0.1, -0.05) is 20.4 Å². The minimum absolute atomic E-state index is 0.0419. The summed E-state index contributed by atoms with van der Waals surface area (Å²) in [6.45, 7) is 7.36. The minimum atomic E-state index is -0.0419. The summed E-state index contributed by atoms with van der Waals surface area (Å²) in [5.74, 6) is -0.0419. The summed E-state index contributed by atoms with van der Waals surface area (Å²) >= 11 is 0. The van der Waals surface area contributed by atoms with Crippen molar-refractivity contribution in [2.75, 3.05) is 7.05 Å². The van der Waals surface area contributed by atoms with E-state index in [4.69, 9.17) is 0 Å². The van der Waals surface area contributed by atoms with Gasteiger partial charge in [-0.05, 0) is 32.4 Å². The van der Waals surface area contributed by atoms with Gasteiger partial charge in [0.25, 0.3) is 0 Å². The number of rotatable bonds is 2. The maximum atomic E-state index is 10.6. The van der Waals surface area contributed by atoms with Crippen LogP contribution in [0.15, 0.2) is 12.7 Å². The molecule has 0 radical (unpaired) electrons. The molecule has 1 aliphatic rings. The van der Waals surface area contributed by atoms with Crippen molar-refractivity contribution in [1.82, 2.24) is 5.32 Å². The summed E-state index contributed by atoms with van der Waals surface area (Å²) in [7, 11) is 1.50. The maximum absolute atomic E-state index is 10.6. The number of nitrogens with one attached hydrogen (secondary N) is 1. The molecule has 1 aliphatic carbocycles. The molecule has 0 unspecified atom stereocenters. The predicted molar refractivity (Wildman–Crippen MR) is 57.4 cm³/mol. The molecule has 1 fully saturated rings. The fraction of sp³-hybridized carbons (Fsp3) is 0.700. The highest BCUT2D eigenvalue weighted by Gasteiger charge is 2.17. The molecule has 1 amide bonds. The van der Waals surface area contributed by atoms with Crippen LogP contribution >= 0.6 is 0 Å². The van der Waals surface area contributed by atoms with Crippen molar-refractivity contribution < 1.29 is 4.79 Å². The summed E-state index contributed by atoms with van der Waals surface area (Å²) < 4.78 is 0. The van der Waals surface area contributed by atoms with Crippen molar-refractivity contribution in [3.05, 3.63) is 12.7 Å². The molecule has 0 aromatic carbocycles. The normalized spacial score (nSPS) is 13.5. The molecule has 0 aromatic rings. The predicted octanol–water partition coefficient (Wildman–Crippen LogP) is 1.44. The molecule has 0 aromatic heterocycles. The van der Waals surface area contributed by atoms with Crippen LogP contribution in [0.2, 0.25) is 0 Å². The van der Waals surface area contributed by atoms with Crippen LogP contribution < -0.4 is 11.1 Å². The van der Waals surface area contributed by atoms with Gasteiger partial charge < -0.3 is 11.1 Å². The van der Waals surface area contributed by atoms with Gasteiger partial charge in [-0.15, -0.1) is 0 Å². The molecule has 0 spiro atoms. The molecule has 1 rings (SSSR count). The van der Waals surface area contributed by atoms with Crippen LogP contribution in [0.1, 0.15) is 33.1 Å². The Bertz CT molecular complexity index is 131. The highest BCUT2D eigenvalue weighted by atomic mass is 16.1. The molecule has 0 saturated heterocycles. The van der Waals surface area contributed by atoms with Gasteiger partial charge in [0.15, 0.2) is 0 Å². The lowest BCUT2D eigenvalue weighted by Crippen LogP contribution is -2.38. The van der Waals surface area contributed by atoms with Crippen LogP contribution in [0.25, 0.3) is 0 Å². The van der Waals surface area contributed by atoms with Gasteiger partial charge in [-0.2, -0.15) is 0 Å². The molecular formula is C10H22N2O. The van der Waals surface area contributed by atoms with E-state index < -0.39 is 0 Å². The molecule has 0 heterocycles. The number of hydrogen-bond donors (Lipinski definition) is 2. The number of hydrogen-bond acceptors (Lipinski definition) is 2. The smallest absolute Gasteiger partial charge is 0.243 e. The van der Waals surface area contributed by atoms with Crippen molar-refractivity contribution in [2.24, 2.45) is 5.73 Å². The lowest BCUT2D eigenvalue weighted by Gasteiger charge is -2.25. The molecule has 1 saturated carbocycles. The number of carbonyl (C=O) groups is 1. The van der Waals surface area contributed by atoms with Crippen LogP contribution in [0, 0.1) is 0 Å². The van der Waals surface area contributed by atoms with Crippen molar-refractivity contribution in [2.45, 2.75) is 39.2 Å². The Kier molecular flexibility index (Phi) is 12.6. The van der Waals surface area contributed by atoms with Crippen molar-refractivity contribution in [1.29, 1.82) is 0 Å². The fourth-order valence-corrected chi connectivity index (χ4v) is 0.813. The van der Waals surface area contributed by atoms with Crippen molar-refractivity contribution in [3.8, 4) is 0 Å². The quantitative estimate of drug-likeness (QED) is 0.641. The molecule has 3 heteroatoms. The third-order valence-corrected chi connectivity index (χ3v) is 1.64. The van der Waals surface area contributed by atoms with Gasteiger partial charge in [-0.3, -0.25) is 4.79 Å². The van der Waals surface area contributed by atoms with Crippen LogP contribution in [0.4, 0.5) is 0 Å². The number of nitrogens with two attached hydrogens (primary N) is 1. The van der Waals surface area contributed by atoms with Gasteiger partial charge >= 0.3 is 0 Å². The summed E-state index contributed by atoms with van der Waals surface area (Å²) in [4.78, 5) is 10.6. The fourth-order valence-electron chi connectivity index (χ4n) is 0.813. The summed E-state index contributed by atoms with van der Waals surface area (Å²) in [6.07, 6.45) is 4.85. The first-order valence-corrected chi connectivity index (χ1v) is 4.83. The van der Waals surface area contributed by atoms with E-state index in [-0.39, 0.29) is 5.91 Å². The van der Waals surface area contributed by atoms with E-state index in [9.17, 15) is 4.79 Å². The first-order valence-electron chi connectivity index (χ1n) is 4.83. The Balaban J connectivity index is 0. The monoisotopic (exact) mass is 186 g/mol. The van der Waals surface area contributed by atoms with E-state index in [1.807, 2.05) is 13.8 Å². The van der Waals surface area contributed by atoms with Gasteiger partial charge in [-0.25, -0.2) is 0 Å². The Morgan fingerprint density at radius 3 is 2.15 bits per heavy atom. The third kappa shape index (κ3) is 7.53. The SMILES string of the molecule is C=CC(=O)NC1CCC1.CC.CN. The zero-order valence-corrected chi connectivity index (χ0v) is 8.97. The summed E-state index contributed by atoms with van der Waals surface area (Å²) in [5, 5.41) is 2.81. The zero-order chi connectivity index (χ0) is 10.7. The Labute approximate surface area is 81.4 Å². The number of amides is 1. The topological polar surface area (TPSA) is 55.1 Å². The van der Waals surface area contributed by atoms with E-state index >= 15 is 0 Å². The highest BCUT2D eigenvalue weighted by Crippen LogP contribution is 2.17. The molecule has 3 N–H and O–H groups in total. The molecule has 0 aliphatic heterocycles. The molecule has 0 atom stereocenters. The molecular weight excluding hydrogens is 164 g/mol. The lowest BCUT2D eigenvalue weighted by atomic mass is 9.93. The average molecular weight is 186 g/mol. The van der Waals surface area contributed by atoms with Gasteiger partial charge in [0.05, 0.1) is 0 Å². The Hall–Kier alpha value is -0.830. The van der Waals surface area contributed by atoms with E-state index in [1.54, 1.807) is 0 Å². The molecule has 3 nitrogen and oxygen atoms in total. The maximum Gasteiger partial charge on any atom is 0.243 e. The zero-order valence-electron chi connectivity index (χ0n) is 8.97. The Morgan fingerprint density at radius 1 is 1.46 bits per heavy atom. The van der Waals surface area contributed by atoms with E-state index in [0.717, 1.165) is 12.8 Å². The molecule has 0 bridgehead atoms. The van der Waals surface area contributed by atoms with Crippen molar-refractivity contribution in [3.63, 3.8) is 0 Å². The van der Waals surface area contributed by atoms with E-state index in [2.05, 4.69) is 17.6 Å². The van der Waals surface area contributed by atoms with E-state index in [1.165, 1.54) is 19.5 Å². The first-order chi connectivity index (χ1) is 6.33. The van der Waals surface area contributed by atoms with Crippen LogP contribution in [0.5, 0.6) is 0 Å². The second-order valence-corrected chi connectivity index (χ2v) is 2.34.